The van der Waals surface area contributed by atoms with Gasteiger partial charge >= 0.3 is 0 Å². The highest BCUT2D eigenvalue weighted by Gasteiger charge is 2.24. The fourth-order valence-corrected chi connectivity index (χ4v) is 2.11. The lowest BCUT2D eigenvalue weighted by Gasteiger charge is -2.24. The minimum Gasteiger partial charge on any atom is -0.252 e. The summed E-state index contributed by atoms with van der Waals surface area (Å²) in [4.78, 5) is 0. The Balaban J connectivity index is 2.22. The SMILES string of the molecule is CC(C)C1CCc2nnn(C)c2C1. The third-order valence-electron chi connectivity index (χ3n) is 3.17. The van der Waals surface area contributed by atoms with Gasteiger partial charge < -0.3 is 0 Å². The van der Waals surface area contributed by atoms with E-state index in [1.54, 1.807) is 0 Å². The van der Waals surface area contributed by atoms with Gasteiger partial charge in [-0.2, -0.15) is 0 Å². The van der Waals surface area contributed by atoms with Crippen LogP contribution in [-0.2, 0) is 19.9 Å². The van der Waals surface area contributed by atoms with Crippen LogP contribution < -0.4 is 0 Å². The van der Waals surface area contributed by atoms with Crippen LogP contribution in [0.15, 0.2) is 0 Å². The number of hydrogen-bond acceptors (Lipinski definition) is 2. The fourth-order valence-electron chi connectivity index (χ4n) is 2.11. The van der Waals surface area contributed by atoms with Gasteiger partial charge in [0.1, 0.15) is 0 Å². The molecule has 1 aromatic rings. The zero-order valence-corrected chi connectivity index (χ0v) is 8.62. The van der Waals surface area contributed by atoms with E-state index in [1.165, 1.54) is 17.8 Å². The van der Waals surface area contributed by atoms with Crippen molar-refractivity contribution < 1.29 is 0 Å². The molecule has 0 radical (unpaired) electrons. The summed E-state index contributed by atoms with van der Waals surface area (Å²) < 4.78 is 1.93. The summed E-state index contributed by atoms with van der Waals surface area (Å²) in [6.45, 7) is 4.61. The van der Waals surface area contributed by atoms with E-state index in [1.807, 2.05) is 11.7 Å². The van der Waals surface area contributed by atoms with Crippen LogP contribution in [0.4, 0.5) is 0 Å². The Bertz CT molecular complexity index is 301. The zero-order chi connectivity index (χ0) is 9.42. The molecule has 0 saturated heterocycles. The molecule has 1 atom stereocenters. The van der Waals surface area contributed by atoms with Gasteiger partial charge in [0.2, 0.25) is 0 Å². The first-order valence-corrected chi connectivity index (χ1v) is 5.06. The van der Waals surface area contributed by atoms with E-state index in [-0.39, 0.29) is 0 Å². The molecule has 0 amide bonds. The lowest BCUT2D eigenvalue weighted by Crippen LogP contribution is -2.20. The van der Waals surface area contributed by atoms with Gasteiger partial charge in [-0.05, 0) is 31.1 Å². The Kier molecular flexibility index (Phi) is 2.10. The van der Waals surface area contributed by atoms with Crippen LogP contribution in [0.25, 0.3) is 0 Å². The van der Waals surface area contributed by atoms with Crippen molar-refractivity contribution in [3.8, 4) is 0 Å². The normalized spacial score (nSPS) is 22.0. The average Bonchev–Trinajstić information content (AvgIpc) is 2.47. The van der Waals surface area contributed by atoms with Gasteiger partial charge in [-0.25, -0.2) is 0 Å². The molecular weight excluding hydrogens is 162 g/mol. The van der Waals surface area contributed by atoms with E-state index in [0.717, 1.165) is 24.7 Å². The van der Waals surface area contributed by atoms with Crippen molar-refractivity contribution >= 4 is 0 Å². The molecule has 0 aromatic carbocycles. The highest BCUT2D eigenvalue weighted by molar-refractivity contribution is 5.14. The van der Waals surface area contributed by atoms with Gasteiger partial charge in [0.25, 0.3) is 0 Å². The van der Waals surface area contributed by atoms with Crippen LogP contribution in [0.3, 0.4) is 0 Å². The van der Waals surface area contributed by atoms with Crippen LogP contribution in [0.1, 0.15) is 31.7 Å². The maximum absolute atomic E-state index is 4.16. The Hall–Kier alpha value is -0.860. The van der Waals surface area contributed by atoms with E-state index < -0.39 is 0 Å². The van der Waals surface area contributed by atoms with Crippen LogP contribution in [-0.4, -0.2) is 15.0 Å². The Morgan fingerprint density at radius 2 is 2.23 bits per heavy atom. The Labute approximate surface area is 79.1 Å². The molecule has 3 heteroatoms. The molecule has 1 aliphatic carbocycles. The molecule has 0 fully saturated rings. The predicted molar refractivity (Wildman–Crippen MR) is 51.4 cm³/mol. The molecule has 0 saturated carbocycles. The highest BCUT2D eigenvalue weighted by Crippen LogP contribution is 2.28. The largest absolute Gasteiger partial charge is 0.252 e. The van der Waals surface area contributed by atoms with Crippen LogP contribution in [0.5, 0.6) is 0 Å². The molecule has 3 nitrogen and oxygen atoms in total. The fraction of sp³-hybridized carbons (Fsp3) is 0.800. The molecule has 0 N–H and O–H groups in total. The van der Waals surface area contributed by atoms with E-state index in [2.05, 4.69) is 24.2 Å². The summed E-state index contributed by atoms with van der Waals surface area (Å²) in [6, 6.07) is 0. The summed E-state index contributed by atoms with van der Waals surface area (Å²) in [5, 5.41) is 8.22. The van der Waals surface area contributed by atoms with E-state index >= 15 is 0 Å². The van der Waals surface area contributed by atoms with Gasteiger partial charge in [-0.3, -0.25) is 4.68 Å². The second-order valence-electron chi connectivity index (χ2n) is 4.35. The van der Waals surface area contributed by atoms with E-state index in [9.17, 15) is 0 Å². The molecule has 2 rings (SSSR count). The number of hydrogen-bond donors (Lipinski definition) is 0. The second-order valence-corrected chi connectivity index (χ2v) is 4.35. The maximum atomic E-state index is 4.16. The average molecular weight is 179 g/mol. The van der Waals surface area contributed by atoms with Gasteiger partial charge in [-0.1, -0.05) is 19.1 Å². The smallest absolute Gasteiger partial charge is 0.0859 e. The van der Waals surface area contributed by atoms with Gasteiger partial charge in [0.15, 0.2) is 0 Å². The number of rotatable bonds is 1. The van der Waals surface area contributed by atoms with Crippen LogP contribution in [0.2, 0.25) is 0 Å². The van der Waals surface area contributed by atoms with Crippen molar-refractivity contribution in [2.45, 2.75) is 33.1 Å². The number of nitrogens with zero attached hydrogens (tertiary/aromatic N) is 3. The number of fused-ring (bicyclic) bond motifs is 1. The van der Waals surface area contributed by atoms with Crippen LogP contribution >= 0.6 is 0 Å². The first-order chi connectivity index (χ1) is 6.18. The first kappa shape index (κ1) is 8.73. The second kappa shape index (κ2) is 3.13. The monoisotopic (exact) mass is 179 g/mol. The zero-order valence-electron chi connectivity index (χ0n) is 8.62. The van der Waals surface area contributed by atoms with Crippen LogP contribution in [0, 0.1) is 11.8 Å². The topological polar surface area (TPSA) is 30.7 Å². The van der Waals surface area contributed by atoms with Crippen molar-refractivity contribution in [2.75, 3.05) is 0 Å². The first-order valence-electron chi connectivity index (χ1n) is 5.06. The standard InChI is InChI=1S/C10H17N3/c1-7(2)8-4-5-9-10(6-8)13(3)12-11-9/h7-8H,4-6H2,1-3H3. The van der Waals surface area contributed by atoms with Crippen molar-refractivity contribution in [3.05, 3.63) is 11.4 Å². The molecule has 0 aliphatic heterocycles. The summed E-state index contributed by atoms with van der Waals surface area (Å²) in [6.07, 6.45) is 3.56. The molecule has 1 heterocycles. The number of aryl methyl sites for hydroxylation is 2. The summed E-state index contributed by atoms with van der Waals surface area (Å²) in [5.41, 5.74) is 2.57. The highest BCUT2D eigenvalue weighted by atomic mass is 15.4. The molecule has 0 spiro atoms. The minimum absolute atomic E-state index is 0.781. The van der Waals surface area contributed by atoms with Gasteiger partial charge in [-0.15, -0.1) is 5.10 Å². The molecule has 0 bridgehead atoms. The Morgan fingerprint density at radius 3 is 2.92 bits per heavy atom. The third kappa shape index (κ3) is 1.47. The number of aromatic nitrogens is 3. The summed E-state index contributed by atoms with van der Waals surface area (Å²) in [5.74, 6) is 1.60. The lowest BCUT2D eigenvalue weighted by atomic mass is 9.82. The third-order valence-corrected chi connectivity index (χ3v) is 3.17. The van der Waals surface area contributed by atoms with Crippen molar-refractivity contribution in [1.29, 1.82) is 0 Å². The molecule has 13 heavy (non-hydrogen) atoms. The quantitative estimate of drug-likeness (QED) is 0.655. The molecule has 1 aromatic heterocycles. The van der Waals surface area contributed by atoms with E-state index in [0.29, 0.717) is 0 Å². The van der Waals surface area contributed by atoms with E-state index in [4.69, 9.17) is 0 Å². The van der Waals surface area contributed by atoms with Crippen molar-refractivity contribution in [1.82, 2.24) is 15.0 Å². The maximum Gasteiger partial charge on any atom is 0.0859 e. The minimum atomic E-state index is 0.781. The molecule has 1 unspecified atom stereocenters. The van der Waals surface area contributed by atoms with Crippen molar-refractivity contribution in [2.24, 2.45) is 18.9 Å². The lowest BCUT2D eigenvalue weighted by molar-refractivity contribution is 0.334. The van der Waals surface area contributed by atoms with Gasteiger partial charge in [0.05, 0.1) is 11.4 Å². The summed E-state index contributed by atoms with van der Waals surface area (Å²) in [7, 11) is 1.99. The predicted octanol–water partition coefficient (Wildman–Crippen LogP) is 1.58. The molecular formula is C10H17N3. The molecule has 72 valence electrons. The van der Waals surface area contributed by atoms with Gasteiger partial charge in [0, 0.05) is 7.05 Å². The Morgan fingerprint density at radius 1 is 1.46 bits per heavy atom. The molecule has 1 aliphatic rings. The van der Waals surface area contributed by atoms with Crippen molar-refractivity contribution in [3.63, 3.8) is 0 Å². The summed E-state index contributed by atoms with van der Waals surface area (Å²) >= 11 is 0.